The third-order valence-corrected chi connectivity index (χ3v) is 3.48. The van der Waals surface area contributed by atoms with Gasteiger partial charge in [-0.05, 0) is 17.7 Å². The fraction of sp³-hybridized carbons (Fsp3) is 0.111. The van der Waals surface area contributed by atoms with Crippen molar-refractivity contribution >= 4 is 16.9 Å². The van der Waals surface area contributed by atoms with Crippen LogP contribution < -0.4 is 15.0 Å². The third-order valence-electron chi connectivity index (χ3n) is 3.48. The van der Waals surface area contributed by atoms with Gasteiger partial charge in [0.2, 0.25) is 0 Å². The first kappa shape index (κ1) is 14.8. The Morgan fingerprint density at radius 3 is 2.48 bits per heavy atom. The number of nitrogens with one attached hydrogen (secondary N) is 1. The highest BCUT2D eigenvalue weighted by Crippen LogP contribution is 2.34. The fourth-order valence-electron chi connectivity index (χ4n) is 2.49. The molecule has 0 atom stereocenters. The summed E-state index contributed by atoms with van der Waals surface area (Å²) in [5.41, 5.74) is 1.24. The Hall–Kier alpha value is -3.08. The molecule has 5 heteroatoms. The predicted octanol–water partition coefficient (Wildman–Crippen LogP) is 3.13. The summed E-state index contributed by atoms with van der Waals surface area (Å²) in [5.74, 6) is 0.379. The number of methoxy groups -OCH3 is 1. The van der Waals surface area contributed by atoms with Gasteiger partial charge < -0.3 is 14.5 Å². The zero-order valence-electron chi connectivity index (χ0n) is 12.8. The number of benzene rings is 2. The molecular formula is C18H15NO4. The first-order valence-electron chi connectivity index (χ1n) is 7.08. The molecule has 0 saturated carbocycles. The lowest BCUT2D eigenvalue weighted by molar-refractivity contribution is -0.131. The molecule has 0 aliphatic heterocycles. The summed E-state index contributed by atoms with van der Waals surface area (Å²) in [5, 5.41) is 0.638. The summed E-state index contributed by atoms with van der Waals surface area (Å²) in [7, 11) is 1.55. The number of hydrogen-bond donors (Lipinski definition) is 1. The van der Waals surface area contributed by atoms with Gasteiger partial charge in [-0.15, -0.1) is 0 Å². The molecule has 0 amide bonds. The maximum atomic E-state index is 12.5. The third kappa shape index (κ3) is 2.81. The van der Waals surface area contributed by atoms with Gasteiger partial charge in [0.1, 0.15) is 5.75 Å². The lowest BCUT2D eigenvalue weighted by atomic mass is 10.0. The van der Waals surface area contributed by atoms with Crippen molar-refractivity contribution in [3.05, 3.63) is 58.9 Å². The molecule has 1 heterocycles. The molecule has 1 aromatic heterocycles. The van der Waals surface area contributed by atoms with Gasteiger partial charge >= 0.3 is 5.97 Å². The van der Waals surface area contributed by atoms with Crippen molar-refractivity contribution in [1.82, 2.24) is 4.98 Å². The van der Waals surface area contributed by atoms with Gasteiger partial charge in [-0.25, -0.2) is 0 Å². The molecule has 0 radical (unpaired) electrons. The van der Waals surface area contributed by atoms with Crippen molar-refractivity contribution < 1.29 is 14.3 Å². The van der Waals surface area contributed by atoms with Crippen molar-refractivity contribution in [1.29, 1.82) is 0 Å². The number of esters is 1. The minimum atomic E-state index is -0.482. The summed E-state index contributed by atoms with van der Waals surface area (Å²) in [6, 6.07) is 14.3. The highest BCUT2D eigenvalue weighted by molar-refractivity contribution is 5.94. The SMILES string of the molecule is COc1ccc2c(OC(C)=O)c(-c3ccccc3)c(=O)[nH]c2c1. The molecule has 0 aliphatic rings. The summed E-state index contributed by atoms with van der Waals surface area (Å²) in [6.07, 6.45) is 0. The van der Waals surface area contributed by atoms with E-state index in [1.54, 1.807) is 37.4 Å². The number of rotatable bonds is 3. The summed E-state index contributed by atoms with van der Waals surface area (Å²) < 4.78 is 10.5. The number of aromatic amines is 1. The van der Waals surface area contributed by atoms with Crippen LogP contribution in [0.25, 0.3) is 22.0 Å². The largest absolute Gasteiger partial charge is 0.497 e. The Morgan fingerprint density at radius 2 is 1.83 bits per heavy atom. The van der Waals surface area contributed by atoms with E-state index in [-0.39, 0.29) is 11.3 Å². The van der Waals surface area contributed by atoms with E-state index in [4.69, 9.17) is 9.47 Å². The number of hydrogen-bond acceptors (Lipinski definition) is 4. The first-order valence-corrected chi connectivity index (χ1v) is 7.08. The number of ether oxygens (including phenoxy) is 2. The molecule has 3 aromatic rings. The fourth-order valence-corrected chi connectivity index (χ4v) is 2.49. The van der Waals surface area contributed by atoms with Crippen LogP contribution in [0.4, 0.5) is 0 Å². The molecule has 23 heavy (non-hydrogen) atoms. The van der Waals surface area contributed by atoms with E-state index >= 15 is 0 Å². The molecule has 0 saturated heterocycles. The van der Waals surface area contributed by atoms with Crippen LogP contribution in [0.5, 0.6) is 11.5 Å². The minimum Gasteiger partial charge on any atom is -0.497 e. The quantitative estimate of drug-likeness (QED) is 0.755. The smallest absolute Gasteiger partial charge is 0.308 e. The number of carbonyl (C=O) groups is 1. The summed E-state index contributed by atoms with van der Waals surface area (Å²) in [4.78, 5) is 26.9. The lowest BCUT2D eigenvalue weighted by Crippen LogP contribution is -2.14. The van der Waals surface area contributed by atoms with Gasteiger partial charge in [-0.2, -0.15) is 0 Å². The Morgan fingerprint density at radius 1 is 1.09 bits per heavy atom. The van der Waals surface area contributed by atoms with Crippen molar-refractivity contribution in [2.45, 2.75) is 6.92 Å². The number of H-pyrrole nitrogens is 1. The van der Waals surface area contributed by atoms with Crippen LogP contribution >= 0.6 is 0 Å². The van der Waals surface area contributed by atoms with Crippen molar-refractivity contribution in [3.63, 3.8) is 0 Å². The van der Waals surface area contributed by atoms with Gasteiger partial charge in [0.05, 0.1) is 18.2 Å². The number of fused-ring (bicyclic) bond motifs is 1. The van der Waals surface area contributed by atoms with Crippen LogP contribution in [-0.4, -0.2) is 18.1 Å². The van der Waals surface area contributed by atoms with Gasteiger partial charge in [0.25, 0.3) is 5.56 Å². The highest BCUT2D eigenvalue weighted by Gasteiger charge is 2.17. The number of aromatic nitrogens is 1. The molecule has 0 bridgehead atoms. The van der Waals surface area contributed by atoms with E-state index in [0.717, 1.165) is 0 Å². The molecule has 0 fully saturated rings. The van der Waals surface area contributed by atoms with Crippen molar-refractivity contribution in [3.8, 4) is 22.6 Å². The lowest BCUT2D eigenvalue weighted by Gasteiger charge is -2.12. The molecule has 5 nitrogen and oxygen atoms in total. The standard InChI is InChI=1S/C18H15NO4/c1-11(20)23-17-14-9-8-13(22-2)10-15(14)19-18(21)16(17)12-6-4-3-5-7-12/h3-10H,1-2H3,(H,19,21). The van der Waals surface area contributed by atoms with Crippen LogP contribution in [0.2, 0.25) is 0 Å². The molecule has 0 aliphatic carbocycles. The molecular weight excluding hydrogens is 294 g/mol. The normalized spacial score (nSPS) is 10.5. The first-order chi connectivity index (χ1) is 11.1. The van der Waals surface area contributed by atoms with Crippen LogP contribution in [0.3, 0.4) is 0 Å². The Labute approximate surface area is 132 Å². The van der Waals surface area contributed by atoms with Crippen LogP contribution in [0.15, 0.2) is 53.3 Å². The Bertz CT molecular complexity index is 929. The van der Waals surface area contributed by atoms with Crippen molar-refractivity contribution in [2.24, 2.45) is 0 Å². The van der Waals surface area contributed by atoms with Crippen molar-refractivity contribution in [2.75, 3.05) is 7.11 Å². The van der Waals surface area contributed by atoms with E-state index in [0.29, 0.717) is 27.8 Å². The topological polar surface area (TPSA) is 68.4 Å². The second-order valence-electron chi connectivity index (χ2n) is 5.03. The van der Waals surface area contributed by atoms with E-state index in [2.05, 4.69) is 4.98 Å². The van der Waals surface area contributed by atoms with Gasteiger partial charge in [0, 0.05) is 18.4 Å². The van der Waals surface area contributed by atoms with E-state index in [9.17, 15) is 9.59 Å². The Balaban J connectivity index is 2.37. The predicted molar refractivity (Wildman–Crippen MR) is 87.9 cm³/mol. The molecule has 2 aromatic carbocycles. The molecule has 116 valence electrons. The maximum Gasteiger partial charge on any atom is 0.308 e. The summed E-state index contributed by atoms with van der Waals surface area (Å²) >= 11 is 0. The van der Waals surface area contributed by atoms with Crippen LogP contribution in [0.1, 0.15) is 6.92 Å². The second-order valence-corrected chi connectivity index (χ2v) is 5.03. The van der Waals surface area contributed by atoms with E-state index in [1.165, 1.54) is 6.92 Å². The van der Waals surface area contributed by atoms with Gasteiger partial charge in [0.15, 0.2) is 5.75 Å². The zero-order chi connectivity index (χ0) is 16.4. The minimum absolute atomic E-state index is 0.255. The highest BCUT2D eigenvalue weighted by atomic mass is 16.5. The van der Waals surface area contributed by atoms with Gasteiger partial charge in [-0.1, -0.05) is 30.3 Å². The number of carbonyl (C=O) groups excluding carboxylic acids is 1. The molecule has 1 N–H and O–H groups in total. The monoisotopic (exact) mass is 309 g/mol. The molecule has 0 unspecified atom stereocenters. The molecule has 0 spiro atoms. The van der Waals surface area contributed by atoms with E-state index < -0.39 is 5.97 Å². The van der Waals surface area contributed by atoms with Gasteiger partial charge in [-0.3, -0.25) is 9.59 Å². The zero-order valence-corrected chi connectivity index (χ0v) is 12.8. The molecule has 3 rings (SSSR count). The number of pyridine rings is 1. The average molecular weight is 309 g/mol. The average Bonchev–Trinajstić information content (AvgIpc) is 2.54. The second kappa shape index (κ2) is 5.96. The summed E-state index contributed by atoms with van der Waals surface area (Å²) in [6.45, 7) is 1.31. The maximum absolute atomic E-state index is 12.5. The van der Waals surface area contributed by atoms with E-state index in [1.807, 2.05) is 18.2 Å². The Kier molecular flexibility index (Phi) is 3.85. The van der Waals surface area contributed by atoms with Crippen LogP contribution in [-0.2, 0) is 4.79 Å². The van der Waals surface area contributed by atoms with Crippen LogP contribution in [0, 0.1) is 0 Å².